The van der Waals surface area contributed by atoms with Crippen molar-refractivity contribution >= 4 is 34.2 Å². The Kier molecular flexibility index (Phi) is 4.23. The highest BCUT2D eigenvalue weighted by Crippen LogP contribution is 2.21. The molecule has 1 unspecified atom stereocenters. The number of nitrogens with zero attached hydrogens (tertiary/aromatic N) is 3. The summed E-state index contributed by atoms with van der Waals surface area (Å²) in [7, 11) is 0. The van der Waals surface area contributed by atoms with Crippen molar-refractivity contribution in [1.29, 1.82) is 0 Å². The van der Waals surface area contributed by atoms with Crippen molar-refractivity contribution in [2.45, 2.75) is 25.3 Å². The molecule has 1 fully saturated rings. The van der Waals surface area contributed by atoms with Gasteiger partial charge in [0.05, 0.1) is 17.5 Å². The number of nitrogens with one attached hydrogen (secondary N) is 1. The lowest BCUT2D eigenvalue weighted by molar-refractivity contribution is -0.136. The third-order valence-corrected chi connectivity index (χ3v) is 5.34. The summed E-state index contributed by atoms with van der Waals surface area (Å²) < 4.78 is 1.62. The van der Waals surface area contributed by atoms with Crippen LogP contribution < -0.4 is 5.43 Å². The Hall–Kier alpha value is -2.67. The molecule has 0 saturated carbocycles. The number of para-hydroxylation sites is 2. The maximum Gasteiger partial charge on any atom is 0.261 e. The molecule has 2 amide bonds. The van der Waals surface area contributed by atoms with Gasteiger partial charge in [-0.2, -0.15) is 0 Å². The molecular formula is C18H18N4O2S. The second-order valence-corrected chi connectivity index (χ2v) is 7.11. The molecule has 7 heteroatoms. The third kappa shape index (κ3) is 3.15. The summed E-state index contributed by atoms with van der Waals surface area (Å²) in [6, 6.07) is 11.1. The van der Waals surface area contributed by atoms with Crippen LogP contribution in [0, 0.1) is 0 Å². The predicted molar refractivity (Wildman–Crippen MR) is 96.9 cm³/mol. The van der Waals surface area contributed by atoms with Crippen molar-refractivity contribution in [3.8, 4) is 0 Å². The number of benzene rings is 1. The number of carbonyl (C=O) groups is 2. The van der Waals surface area contributed by atoms with Crippen molar-refractivity contribution in [3.63, 3.8) is 0 Å². The smallest absolute Gasteiger partial charge is 0.261 e. The lowest BCUT2D eigenvalue weighted by atomic mass is 10.2. The molecule has 4 rings (SSSR count). The number of imidazole rings is 1. The molecule has 0 spiro atoms. The first kappa shape index (κ1) is 15.8. The van der Waals surface area contributed by atoms with E-state index in [0.29, 0.717) is 19.4 Å². The van der Waals surface area contributed by atoms with Crippen molar-refractivity contribution in [2.75, 3.05) is 12.0 Å². The highest BCUT2D eigenvalue weighted by atomic mass is 32.1. The molecule has 128 valence electrons. The summed E-state index contributed by atoms with van der Waals surface area (Å²) in [6.07, 6.45) is 3.48. The van der Waals surface area contributed by atoms with Crippen LogP contribution in [0.5, 0.6) is 0 Å². The topological polar surface area (TPSA) is 67.2 Å². The van der Waals surface area contributed by atoms with Crippen LogP contribution in [-0.4, -0.2) is 39.0 Å². The standard InChI is InChI=1S/C18H18N4O2S/c23-17(11-13-5-4-10-25-13)21-9-3-8-16(21)18(24)20-22-12-19-14-6-1-2-7-15(14)22/h1-2,4-7,10,12,16H,3,8-9,11H2,(H,20,24). The summed E-state index contributed by atoms with van der Waals surface area (Å²) in [6.45, 7) is 0.632. The minimum absolute atomic E-state index is 0.00980. The second kappa shape index (κ2) is 6.68. The van der Waals surface area contributed by atoms with Crippen LogP contribution in [0.1, 0.15) is 17.7 Å². The fourth-order valence-corrected chi connectivity index (χ4v) is 3.94. The molecule has 0 radical (unpaired) electrons. The summed E-state index contributed by atoms with van der Waals surface area (Å²) in [4.78, 5) is 32.3. The molecule has 2 aromatic heterocycles. The van der Waals surface area contributed by atoms with E-state index in [1.807, 2.05) is 41.8 Å². The number of likely N-dealkylation sites (tertiary alicyclic amines) is 1. The normalized spacial score (nSPS) is 17.1. The van der Waals surface area contributed by atoms with Crippen molar-refractivity contribution in [3.05, 3.63) is 53.0 Å². The highest BCUT2D eigenvalue weighted by Gasteiger charge is 2.34. The summed E-state index contributed by atoms with van der Waals surface area (Å²) in [5.74, 6) is -0.157. The SMILES string of the molecule is O=C(Nn1cnc2ccccc21)C1CCCN1C(=O)Cc1cccs1. The molecule has 1 atom stereocenters. The van der Waals surface area contributed by atoms with Gasteiger partial charge in [-0.05, 0) is 36.4 Å². The van der Waals surface area contributed by atoms with E-state index in [0.717, 1.165) is 22.3 Å². The van der Waals surface area contributed by atoms with Gasteiger partial charge in [-0.3, -0.25) is 15.0 Å². The molecule has 1 saturated heterocycles. The molecule has 3 heterocycles. The summed E-state index contributed by atoms with van der Waals surface area (Å²) in [5.41, 5.74) is 4.53. The number of hydrogen-bond donors (Lipinski definition) is 1. The first-order valence-electron chi connectivity index (χ1n) is 8.27. The monoisotopic (exact) mass is 354 g/mol. The van der Waals surface area contributed by atoms with Gasteiger partial charge in [0.25, 0.3) is 5.91 Å². The van der Waals surface area contributed by atoms with Gasteiger partial charge in [0, 0.05) is 11.4 Å². The Morgan fingerprint density at radius 1 is 1.24 bits per heavy atom. The zero-order valence-corrected chi connectivity index (χ0v) is 14.4. The number of fused-ring (bicyclic) bond motifs is 1. The van der Waals surface area contributed by atoms with Crippen LogP contribution in [0.15, 0.2) is 48.1 Å². The Morgan fingerprint density at radius 2 is 2.12 bits per heavy atom. The lowest BCUT2D eigenvalue weighted by Crippen LogP contribution is -2.45. The van der Waals surface area contributed by atoms with E-state index in [4.69, 9.17) is 0 Å². The number of amides is 2. The Morgan fingerprint density at radius 3 is 2.96 bits per heavy atom. The van der Waals surface area contributed by atoms with E-state index >= 15 is 0 Å². The molecule has 6 nitrogen and oxygen atoms in total. The number of rotatable bonds is 4. The Labute approximate surface area is 149 Å². The van der Waals surface area contributed by atoms with Gasteiger partial charge >= 0.3 is 0 Å². The molecule has 0 bridgehead atoms. The van der Waals surface area contributed by atoms with Crippen LogP contribution >= 0.6 is 11.3 Å². The van der Waals surface area contributed by atoms with E-state index in [2.05, 4.69) is 10.4 Å². The van der Waals surface area contributed by atoms with E-state index in [1.165, 1.54) is 0 Å². The minimum atomic E-state index is -0.423. The van der Waals surface area contributed by atoms with Crippen LogP contribution in [0.25, 0.3) is 11.0 Å². The average molecular weight is 354 g/mol. The summed E-state index contributed by atoms with van der Waals surface area (Å²) >= 11 is 1.56. The van der Waals surface area contributed by atoms with Crippen LogP contribution in [0.3, 0.4) is 0 Å². The van der Waals surface area contributed by atoms with E-state index in [9.17, 15) is 9.59 Å². The summed E-state index contributed by atoms with van der Waals surface area (Å²) in [5, 5.41) is 1.96. The first-order valence-corrected chi connectivity index (χ1v) is 9.15. The van der Waals surface area contributed by atoms with Gasteiger partial charge in [0.2, 0.25) is 5.91 Å². The highest BCUT2D eigenvalue weighted by molar-refractivity contribution is 7.10. The van der Waals surface area contributed by atoms with Crippen molar-refractivity contribution in [1.82, 2.24) is 14.6 Å². The van der Waals surface area contributed by atoms with Crippen LogP contribution in [0.4, 0.5) is 0 Å². The fraction of sp³-hybridized carbons (Fsp3) is 0.278. The third-order valence-electron chi connectivity index (χ3n) is 4.47. The first-order chi connectivity index (χ1) is 12.2. The molecule has 25 heavy (non-hydrogen) atoms. The van der Waals surface area contributed by atoms with Crippen molar-refractivity contribution in [2.24, 2.45) is 0 Å². The van der Waals surface area contributed by atoms with E-state index in [1.54, 1.807) is 27.2 Å². The second-order valence-electron chi connectivity index (χ2n) is 6.08. The maximum atomic E-state index is 12.7. The molecule has 1 N–H and O–H groups in total. The minimum Gasteiger partial charge on any atom is -0.330 e. The maximum absolute atomic E-state index is 12.7. The van der Waals surface area contributed by atoms with Gasteiger partial charge in [0.1, 0.15) is 12.4 Å². The van der Waals surface area contributed by atoms with Gasteiger partial charge < -0.3 is 4.90 Å². The predicted octanol–water partition coefficient (Wildman–Crippen LogP) is 2.40. The van der Waals surface area contributed by atoms with Gasteiger partial charge in [0.15, 0.2) is 0 Å². The number of hydrogen-bond acceptors (Lipinski definition) is 4. The van der Waals surface area contributed by atoms with Crippen molar-refractivity contribution < 1.29 is 9.59 Å². The Bertz CT molecular complexity index is 903. The van der Waals surface area contributed by atoms with E-state index in [-0.39, 0.29) is 11.8 Å². The Balaban J connectivity index is 1.48. The van der Waals surface area contributed by atoms with Crippen LogP contribution in [0.2, 0.25) is 0 Å². The number of carbonyl (C=O) groups excluding carboxylic acids is 2. The van der Waals surface area contributed by atoms with Gasteiger partial charge in [-0.25, -0.2) is 9.66 Å². The van der Waals surface area contributed by atoms with E-state index < -0.39 is 6.04 Å². The largest absolute Gasteiger partial charge is 0.330 e. The molecule has 3 aromatic rings. The molecule has 1 aliphatic rings. The van der Waals surface area contributed by atoms with Gasteiger partial charge in [-0.1, -0.05) is 18.2 Å². The quantitative estimate of drug-likeness (QED) is 0.782. The fourth-order valence-electron chi connectivity index (χ4n) is 3.24. The average Bonchev–Trinajstić information content (AvgIpc) is 3.35. The lowest BCUT2D eigenvalue weighted by Gasteiger charge is -2.24. The molecule has 0 aliphatic carbocycles. The number of thiophene rings is 1. The van der Waals surface area contributed by atoms with Crippen LogP contribution in [-0.2, 0) is 16.0 Å². The zero-order chi connectivity index (χ0) is 17.2. The number of aromatic nitrogens is 2. The zero-order valence-electron chi connectivity index (χ0n) is 13.6. The molecule has 1 aromatic carbocycles. The van der Waals surface area contributed by atoms with Gasteiger partial charge in [-0.15, -0.1) is 11.3 Å². The molecular weight excluding hydrogens is 336 g/mol. The molecule has 1 aliphatic heterocycles.